The predicted octanol–water partition coefficient (Wildman–Crippen LogP) is 0.247. The lowest BCUT2D eigenvalue weighted by atomic mass is 9.70. The molecule has 0 saturated carbocycles. The number of amides is 2. The molecule has 10 atom stereocenters. The average Bonchev–Trinajstić information content (AvgIpc) is 3.57. The van der Waals surface area contributed by atoms with Crippen LogP contribution in [-0.4, -0.2) is 115 Å². The molecule has 5 rings (SSSR count). The molecule has 5 fully saturated rings. The molecule has 10 unspecified atom stereocenters. The topological polar surface area (TPSA) is 110 Å². The number of thioether (sulfide) groups is 1. The van der Waals surface area contributed by atoms with Gasteiger partial charge in [0, 0.05) is 57.2 Å². The number of nitrogens with zero attached hydrogens (tertiary/aromatic N) is 2. The van der Waals surface area contributed by atoms with E-state index in [1.807, 2.05) is 0 Å². The first kappa shape index (κ1) is 29.6. The zero-order chi connectivity index (χ0) is 27.9. The van der Waals surface area contributed by atoms with E-state index in [4.69, 9.17) is 16.3 Å². The Hall–Kier alpha value is -0.870. The maximum Gasteiger partial charge on any atom is 0.402 e. The van der Waals surface area contributed by atoms with E-state index >= 15 is 0 Å². The maximum absolute atomic E-state index is 13.5. The summed E-state index contributed by atoms with van der Waals surface area (Å²) in [5.41, 5.74) is 2.26. The van der Waals surface area contributed by atoms with Crippen LogP contribution in [0.4, 0.5) is 13.2 Å². The van der Waals surface area contributed by atoms with Crippen molar-refractivity contribution in [3.8, 4) is 0 Å². The Morgan fingerprint density at radius 2 is 1.95 bits per heavy atom. The van der Waals surface area contributed by atoms with Gasteiger partial charge in [0.1, 0.15) is 18.1 Å². The number of hydrazine groups is 1. The molecule has 222 valence electrons. The fourth-order valence-corrected chi connectivity index (χ4v) is 8.59. The molecule has 2 amide bonds. The van der Waals surface area contributed by atoms with E-state index in [0.717, 1.165) is 17.9 Å². The zero-order valence-corrected chi connectivity index (χ0v) is 23.7. The van der Waals surface area contributed by atoms with Gasteiger partial charge in [0.05, 0.1) is 17.5 Å². The zero-order valence-electron chi connectivity index (χ0n) is 22.2. The first-order chi connectivity index (χ1) is 18.5. The standard InChI is InChI=1S/C24H39ClF3N7O3S/c1-12-5-13(14-6-20(25)30-8-18(14)38-2)15(7-29-12)21(36)33-23-32-16-9-34(10-19(16)39-23)22(37)17-3-4-31-35(17)11-24(26,27)28/h12-20,23,29-32H,3-11H2,1-2H3,(H,33,36). The van der Waals surface area contributed by atoms with E-state index in [1.165, 1.54) is 0 Å². The summed E-state index contributed by atoms with van der Waals surface area (Å²) in [6.07, 6.45) is -2.44. The summed E-state index contributed by atoms with van der Waals surface area (Å²) in [6, 6.07) is -0.555. The van der Waals surface area contributed by atoms with Crippen molar-refractivity contribution in [1.29, 1.82) is 0 Å². The second-order valence-electron chi connectivity index (χ2n) is 11.4. The Morgan fingerprint density at radius 3 is 2.67 bits per heavy atom. The molecule has 5 heterocycles. The Labute approximate surface area is 236 Å². The van der Waals surface area contributed by atoms with Crippen LogP contribution in [0.15, 0.2) is 0 Å². The Kier molecular flexibility index (Phi) is 9.24. The number of ether oxygens (including phenoxy) is 1. The van der Waals surface area contributed by atoms with Gasteiger partial charge in [0.15, 0.2) is 0 Å². The van der Waals surface area contributed by atoms with Gasteiger partial charge in [-0.25, -0.2) is 5.01 Å². The van der Waals surface area contributed by atoms with Crippen molar-refractivity contribution < 1.29 is 27.5 Å². The summed E-state index contributed by atoms with van der Waals surface area (Å²) in [6.45, 7) is 3.41. The number of methoxy groups -OCH3 is 1. The van der Waals surface area contributed by atoms with Gasteiger partial charge in [0.25, 0.3) is 0 Å². The van der Waals surface area contributed by atoms with Gasteiger partial charge in [-0.05, 0) is 38.0 Å². The molecule has 0 spiro atoms. The number of rotatable bonds is 6. The second-order valence-corrected chi connectivity index (χ2v) is 13.3. The van der Waals surface area contributed by atoms with Crippen LogP contribution >= 0.6 is 23.4 Å². The fraction of sp³-hybridized carbons (Fsp3) is 0.917. The number of halogens is 4. The molecular formula is C24H39ClF3N7O3S. The third kappa shape index (κ3) is 6.79. The van der Waals surface area contributed by atoms with Crippen LogP contribution in [0, 0.1) is 17.8 Å². The summed E-state index contributed by atoms with van der Waals surface area (Å²) in [7, 11) is 1.70. The number of hydrogen-bond acceptors (Lipinski definition) is 9. The lowest BCUT2D eigenvalue weighted by Crippen LogP contribution is -2.57. The van der Waals surface area contributed by atoms with Crippen LogP contribution in [0.2, 0.25) is 0 Å². The second kappa shape index (κ2) is 12.2. The molecule has 0 bridgehead atoms. The first-order valence-corrected chi connectivity index (χ1v) is 15.1. The molecule has 39 heavy (non-hydrogen) atoms. The van der Waals surface area contributed by atoms with Gasteiger partial charge in [-0.15, -0.1) is 23.4 Å². The van der Waals surface area contributed by atoms with Crippen LogP contribution in [0.25, 0.3) is 0 Å². The number of carbonyl (C=O) groups is 2. The number of piperidine rings is 2. The van der Waals surface area contributed by atoms with Gasteiger partial charge < -0.3 is 20.3 Å². The van der Waals surface area contributed by atoms with Crippen LogP contribution < -0.4 is 26.7 Å². The Balaban J connectivity index is 1.15. The highest BCUT2D eigenvalue weighted by Gasteiger charge is 2.48. The quantitative estimate of drug-likeness (QED) is 0.217. The third-order valence-corrected chi connectivity index (χ3v) is 10.5. The predicted molar refractivity (Wildman–Crippen MR) is 142 cm³/mol. The molecular weight excluding hydrogens is 559 g/mol. The van der Waals surface area contributed by atoms with Gasteiger partial charge in [-0.3, -0.25) is 25.6 Å². The number of carbonyl (C=O) groups excluding carboxylic acids is 2. The molecule has 0 radical (unpaired) electrons. The number of fused-ring (bicyclic) bond motifs is 1. The lowest BCUT2D eigenvalue weighted by Gasteiger charge is -2.45. The highest BCUT2D eigenvalue weighted by molar-refractivity contribution is 8.00. The van der Waals surface area contributed by atoms with Crippen molar-refractivity contribution in [2.24, 2.45) is 17.8 Å². The number of alkyl halides is 4. The molecule has 5 N–H and O–H groups in total. The number of likely N-dealkylation sites (tertiary alicyclic amines) is 1. The van der Waals surface area contributed by atoms with Crippen LogP contribution in [-0.2, 0) is 14.3 Å². The Bertz CT molecular complexity index is 894. The van der Waals surface area contributed by atoms with E-state index in [0.29, 0.717) is 45.2 Å². The largest absolute Gasteiger partial charge is 0.402 e. The van der Waals surface area contributed by atoms with Crippen LogP contribution in [0.5, 0.6) is 0 Å². The molecule has 10 nitrogen and oxygen atoms in total. The lowest BCUT2D eigenvalue weighted by molar-refractivity contribution is -0.160. The van der Waals surface area contributed by atoms with E-state index in [-0.39, 0.29) is 58.0 Å². The van der Waals surface area contributed by atoms with Crippen molar-refractivity contribution in [3.63, 3.8) is 0 Å². The van der Waals surface area contributed by atoms with E-state index in [9.17, 15) is 22.8 Å². The Morgan fingerprint density at radius 1 is 1.15 bits per heavy atom. The summed E-state index contributed by atoms with van der Waals surface area (Å²) < 4.78 is 44.5. The van der Waals surface area contributed by atoms with Crippen molar-refractivity contribution in [2.75, 3.05) is 46.4 Å². The summed E-state index contributed by atoms with van der Waals surface area (Å²) >= 11 is 8.01. The molecule has 15 heteroatoms. The van der Waals surface area contributed by atoms with Crippen LogP contribution in [0.1, 0.15) is 26.2 Å². The molecule has 0 aromatic rings. The van der Waals surface area contributed by atoms with Gasteiger partial charge in [-0.1, -0.05) is 0 Å². The summed E-state index contributed by atoms with van der Waals surface area (Å²) in [5.74, 6) is -0.214. The normalized spacial score (nSPS) is 41.5. The number of nitrogens with one attached hydrogen (secondary N) is 5. The highest BCUT2D eigenvalue weighted by atomic mass is 35.5. The van der Waals surface area contributed by atoms with Crippen molar-refractivity contribution in [3.05, 3.63) is 0 Å². The van der Waals surface area contributed by atoms with Gasteiger partial charge in [0.2, 0.25) is 11.8 Å². The maximum atomic E-state index is 13.5. The average molecular weight is 598 g/mol. The molecule has 0 aliphatic carbocycles. The SMILES string of the molecule is COC1CNC(Cl)CC1C1CC(C)NCC1C(=O)NC1NC2CN(C(=O)C3CCNN3CC(F)(F)F)CC2S1. The minimum absolute atomic E-state index is 0.00502. The molecule has 5 aliphatic heterocycles. The molecule has 0 aromatic heterocycles. The summed E-state index contributed by atoms with van der Waals surface area (Å²) in [5, 5.41) is 14.4. The minimum Gasteiger partial charge on any atom is -0.380 e. The molecule has 0 aromatic carbocycles. The summed E-state index contributed by atoms with van der Waals surface area (Å²) in [4.78, 5) is 28.3. The van der Waals surface area contributed by atoms with Crippen molar-refractivity contribution in [2.45, 2.75) is 72.8 Å². The van der Waals surface area contributed by atoms with Gasteiger partial charge >= 0.3 is 6.18 Å². The smallest absolute Gasteiger partial charge is 0.380 e. The van der Waals surface area contributed by atoms with Crippen molar-refractivity contribution in [1.82, 2.24) is 36.6 Å². The van der Waals surface area contributed by atoms with E-state index in [2.05, 4.69) is 33.6 Å². The molecule has 5 aliphatic rings. The monoisotopic (exact) mass is 597 g/mol. The molecule has 5 saturated heterocycles. The fourth-order valence-electron chi connectivity index (χ4n) is 6.88. The van der Waals surface area contributed by atoms with Crippen molar-refractivity contribution >= 4 is 35.2 Å². The van der Waals surface area contributed by atoms with E-state index < -0.39 is 18.8 Å². The van der Waals surface area contributed by atoms with E-state index in [1.54, 1.807) is 23.8 Å². The minimum atomic E-state index is -4.38. The highest BCUT2D eigenvalue weighted by Crippen LogP contribution is 2.38. The third-order valence-electron chi connectivity index (χ3n) is 8.79. The van der Waals surface area contributed by atoms with Gasteiger partial charge in [-0.2, -0.15) is 13.2 Å². The number of hydrogen-bond donors (Lipinski definition) is 5. The van der Waals surface area contributed by atoms with Crippen LogP contribution in [0.3, 0.4) is 0 Å². The first-order valence-electron chi connectivity index (χ1n) is 13.7.